The highest BCUT2D eigenvalue weighted by Crippen LogP contribution is 2.31. The summed E-state index contributed by atoms with van der Waals surface area (Å²) in [4.78, 5) is 4.88. The number of rotatable bonds is 3. The Kier molecular flexibility index (Phi) is 4.60. The Morgan fingerprint density at radius 3 is 2.76 bits per heavy atom. The van der Waals surface area contributed by atoms with Crippen LogP contribution in [0.25, 0.3) is 0 Å². The van der Waals surface area contributed by atoms with Crippen molar-refractivity contribution in [1.82, 2.24) is 15.1 Å². The molecule has 0 radical (unpaired) electrons. The van der Waals surface area contributed by atoms with Gasteiger partial charge in [-0.1, -0.05) is 0 Å². The SMILES string of the molecule is CNC(c1cscc1Br)C1CN(C)CCN1C. The monoisotopic (exact) mass is 317 g/mol. The third-order valence-electron chi connectivity index (χ3n) is 3.57. The fourth-order valence-electron chi connectivity index (χ4n) is 2.47. The molecule has 1 N–H and O–H groups in total. The van der Waals surface area contributed by atoms with Crippen LogP contribution in [-0.4, -0.2) is 56.6 Å². The van der Waals surface area contributed by atoms with Crippen LogP contribution in [0.15, 0.2) is 15.2 Å². The van der Waals surface area contributed by atoms with Gasteiger partial charge in [0.2, 0.25) is 0 Å². The van der Waals surface area contributed by atoms with Gasteiger partial charge in [0.1, 0.15) is 0 Å². The summed E-state index contributed by atoms with van der Waals surface area (Å²) in [5.74, 6) is 0. The predicted molar refractivity (Wildman–Crippen MR) is 77.7 cm³/mol. The van der Waals surface area contributed by atoms with Crippen molar-refractivity contribution in [1.29, 1.82) is 0 Å². The maximum absolute atomic E-state index is 3.65. The van der Waals surface area contributed by atoms with Gasteiger partial charge in [0.05, 0.1) is 6.04 Å². The molecule has 0 spiro atoms. The molecule has 0 aromatic carbocycles. The molecule has 2 atom stereocenters. The molecule has 3 nitrogen and oxygen atoms in total. The van der Waals surface area contributed by atoms with Crippen molar-refractivity contribution in [3.63, 3.8) is 0 Å². The second kappa shape index (κ2) is 5.80. The summed E-state index contributed by atoms with van der Waals surface area (Å²) in [6.07, 6.45) is 0. The Hall–Kier alpha value is 0.0600. The molecule has 96 valence electrons. The van der Waals surface area contributed by atoms with E-state index in [0.29, 0.717) is 12.1 Å². The van der Waals surface area contributed by atoms with Gasteiger partial charge in [0, 0.05) is 35.5 Å². The third kappa shape index (κ3) is 2.90. The van der Waals surface area contributed by atoms with Gasteiger partial charge in [-0.15, -0.1) is 0 Å². The number of likely N-dealkylation sites (N-methyl/N-ethyl adjacent to an activating group) is 3. The Morgan fingerprint density at radius 1 is 1.41 bits per heavy atom. The third-order valence-corrected chi connectivity index (χ3v) is 5.32. The highest BCUT2D eigenvalue weighted by molar-refractivity contribution is 9.10. The maximum Gasteiger partial charge on any atom is 0.0507 e. The molecule has 1 aliphatic rings. The van der Waals surface area contributed by atoms with Gasteiger partial charge in [0.15, 0.2) is 0 Å². The topological polar surface area (TPSA) is 18.5 Å². The van der Waals surface area contributed by atoms with Crippen molar-refractivity contribution in [3.05, 3.63) is 20.8 Å². The number of halogens is 1. The molecule has 5 heteroatoms. The zero-order valence-electron chi connectivity index (χ0n) is 10.6. The lowest BCUT2D eigenvalue weighted by Crippen LogP contribution is -2.54. The fraction of sp³-hybridized carbons (Fsp3) is 0.667. The smallest absolute Gasteiger partial charge is 0.0507 e. The lowest BCUT2D eigenvalue weighted by molar-refractivity contribution is 0.0896. The van der Waals surface area contributed by atoms with Crippen LogP contribution in [0.3, 0.4) is 0 Å². The van der Waals surface area contributed by atoms with E-state index in [1.807, 2.05) is 0 Å². The van der Waals surface area contributed by atoms with Crippen molar-refractivity contribution in [3.8, 4) is 0 Å². The number of nitrogens with one attached hydrogen (secondary N) is 1. The molecule has 2 unspecified atom stereocenters. The van der Waals surface area contributed by atoms with E-state index in [0.717, 1.165) is 19.6 Å². The van der Waals surface area contributed by atoms with E-state index in [4.69, 9.17) is 0 Å². The average Bonchev–Trinajstić information content (AvgIpc) is 2.71. The first-order chi connectivity index (χ1) is 8.13. The lowest BCUT2D eigenvalue weighted by Gasteiger charge is -2.41. The molecule has 1 aromatic heterocycles. The zero-order valence-corrected chi connectivity index (χ0v) is 13.0. The summed E-state index contributed by atoms with van der Waals surface area (Å²) in [6.45, 7) is 3.42. The van der Waals surface area contributed by atoms with Gasteiger partial charge in [-0.2, -0.15) is 11.3 Å². The molecule has 2 heterocycles. The van der Waals surface area contributed by atoms with E-state index >= 15 is 0 Å². The molecule has 1 aromatic rings. The van der Waals surface area contributed by atoms with Gasteiger partial charge in [-0.25, -0.2) is 0 Å². The zero-order chi connectivity index (χ0) is 12.4. The van der Waals surface area contributed by atoms with Gasteiger partial charge in [-0.3, -0.25) is 4.90 Å². The first kappa shape index (κ1) is 13.5. The van der Waals surface area contributed by atoms with E-state index in [1.165, 1.54) is 10.0 Å². The minimum Gasteiger partial charge on any atom is -0.312 e. The van der Waals surface area contributed by atoms with Crippen molar-refractivity contribution in [2.45, 2.75) is 12.1 Å². The lowest BCUT2D eigenvalue weighted by atomic mass is 9.99. The molecule has 1 saturated heterocycles. The minimum atomic E-state index is 0.392. The van der Waals surface area contributed by atoms with Crippen LogP contribution < -0.4 is 5.32 Å². The molecular weight excluding hydrogens is 298 g/mol. The van der Waals surface area contributed by atoms with Crippen LogP contribution in [-0.2, 0) is 0 Å². The molecule has 0 aliphatic carbocycles. The van der Waals surface area contributed by atoms with E-state index in [9.17, 15) is 0 Å². The Bertz CT molecular complexity index is 368. The second-order valence-corrected chi connectivity index (χ2v) is 6.35. The number of piperazine rings is 1. The average molecular weight is 318 g/mol. The number of nitrogens with zero attached hydrogens (tertiary/aromatic N) is 2. The van der Waals surface area contributed by atoms with E-state index < -0.39 is 0 Å². The van der Waals surface area contributed by atoms with Crippen LogP contribution in [0.4, 0.5) is 0 Å². The molecule has 0 bridgehead atoms. The first-order valence-electron chi connectivity index (χ1n) is 5.91. The summed E-state index contributed by atoms with van der Waals surface area (Å²) >= 11 is 5.40. The van der Waals surface area contributed by atoms with Crippen molar-refractivity contribution in [2.24, 2.45) is 0 Å². The molecular formula is C12H20BrN3S. The van der Waals surface area contributed by atoms with Crippen molar-refractivity contribution in [2.75, 3.05) is 40.8 Å². The minimum absolute atomic E-state index is 0.392. The Labute approximate surface area is 116 Å². The van der Waals surface area contributed by atoms with Crippen LogP contribution in [0.5, 0.6) is 0 Å². The summed E-state index contributed by atoms with van der Waals surface area (Å²) in [5, 5.41) is 7.88. The van der Waals surface area contributed by atoms with Crippen LogP contribution in [0.2, 0.25) is 0 Å². The van der Waals surface area contributed by atoms with E-state index in [2.05, 4.69) is 62.9 Å². The summed E-state index contributed by atoms with van der Waals surface area (Å²) in [6, 6.07) is 0.924. The van der Waals surface area contributed by atoms with Crippen molar-refractivity contribution >= 4 is 27.3 Å². The molecule has 17 heavy (non-hydrogen) atoms. The van der Waals surface area contributed by atoms with E-state index in [1.54, 1.807) is 11.3 Å². The Morgan fingerprint density at radius 2 is 2.18 bits per heavy atom. The van der Waals surface area contributed by atoms with Gasteiger partial charge < -0.3 is 10.2 Å². The maximum atomic E-state index is 3.65. The highest BCUT2D eigenvalue weighted by Gasteiger charge is 2.31. The summed E-state index contributed by atoms with van der Waals surface area (Å²) < 4.78 is 1.23. The van der Waals surface area contributed by atoms with Crippen molar-refractivity contribution < 1.29 is 0 Å². The molecule has 2 rings (SSSR count). The summed E-state index contributed by atoms with van der Waals surface area (Å²) in [5.41, 5.74) is 1.38. The highest BCUT2D eigenvalue weighted by atomic mass is 79.9. The van der Waals surface area contributed by atoms with Gasteiger partial charge >= 0.3 is 0 Å². The molecule has 1 aliphatic heterocycles. The standard InChI is InChI=1S/C12H20BrN3S/c1-14-12(9-7-17-8-10(9)13)11-6-15(2)4-5-16(11)3/h7-8,11-12,14H,4-6H2,1-3H3. The fourth-order valence-corrected chi connectivity index (χ4v) is 4.05. The second-order valence-electron chi connectivity index (χ2n) is 4.75. The largest absolute Gasteiger partial charge is 0.312 e. The number of thiophene rings is 1. The normalized spacial score (nSPS) is 25.1. The Balaban J connectivity index is 2.20. The van der Waals surface area contributed by atoms with Gasteiger partial charge in [0.25, 0.3) is 0 Å². The number of hydrogen-bond acceptors (Lipinski definition) is 4. The molecule has 0 saturated carbocycles. The number of hydrogen-bond donors (Lipinski definition) is 1. The first-order valence-corrected chi connectivity index (χ1v) is 7.64. The quantitative estimate of drug-likeness (QED) is 0.920. The molecule has 0 amide bonds. The van der Waals surface area contributed by atoms with Crippen LogP contribution in [0, 0.1) is 0 Å². The van der Waals surface area contributed by atoms with E-state index in [-0.39, 0.29) is 0 Å². The predicted octanol–water partition coefficient (Wildman–Crippen LogP) is 2.02. The van der Waals surface area contributed by atoms with Gasteiger partial charge in [-0.05, 0) is 48.0 Å². The summed E-state index contributed by atoms with van der Waals surface area (Å²) in [7, 11) is 6.48. The molecule has 1 fully saturated rings. The van der Waals surface area contributed by atoms with Crippen LogP contribution in [0.1, 0.15) is 11.6 Å². The van der Waals surface area contributed by atoms with Crippen LogP contribution >= 0.6 is 27.3 Å².